The SMILES string of the molecule is Cn1c(Br)nc2nc[nH]c(=O)c21. The Bertz CT molecular complexity index is 486. The summed E-state index contributed by atoms with van der Waals surface area (Å²) in [6.45, 7) is 0. The third-order valence-corrected chi connectivity index (χ3v) is 2.33. The number of hydrogen-bond donors (Lipinski definition) is 1. The summed E-state index contributed by atoms with van der Waals surface area (Å²) in [7, 11) is 1.75. The maximum Gasteiger partial charge on any atom is 0.276 e. The highest BCUT2D eigenvalue weighted by atomic mass is 79.9. The third kappa shape index (κ3) is 0.878. The monoisotopic (exact) mass is 228 g/mol. The Morgan fingerprint density at radius 2 is 2.42 bits per heavy atom. The molecular weight excluding hydrogens is 224 g/mol. The fourth-order valence-electron chi connectivity index (χ4n) is 1.02. The van der Waals surface area contributed by atoms with Crippen LogP contribution in [0.3, 0.4) is 0 Å². The number of halogens is 1. The minimum atomic E-state index is -0.180. The first-order valence-electron chi connectivity index (χ1n) is 3.26. The van der Waals surface area contributed by atoms with E-state index in [2.05, 4.69) is 30.9 Å². The molecule has 2 aromatic rings. The van der Waals surface area contributed by atoms with Gasteiger partial charge in [0.05, 0.1) is 6.33 Å². The Labute approximate surface area is 75.6 Å². The second-order valence-corrected chi connectivity index (χ2v) is 3.05. The maximum atomic E-state index is 11.2. The second-order valence-electron chi connectivity index (χ2n) is 2.34. The van der Waals surface area contributed by atoms with Crippen molar-refractivity contribution in [1.29, 1.82) is 0 Å². The van der Waals surface area contributed by atoms with Crippen LogP contribution in [0.4, 0.5) is 0 Å². The van der Waals surface area contributed by atoms with Gasteiger partial charge in [-0.25, -0.2) is 9.97 Å². The summed E-state index contributed by atoms with van der Waals surface area (Å²) < 4.78 is 2.24. The average Bonchev–Trinajstić information content (AvgIpc) is 2.29. The summed E-state index contributed by atoms with van der Waals surface area (Å²) in [5.41, 5.74) is 0.748. The lowest BCUT2D eigenvalue weighted by Gasteiger charge is -1.91. The Morgan fingerprint density at radius 1 is 1.67 bits per heavy atom. The molecule has 0 radical (unpaired) electrons. The van der Waals surface area contributed by atoms with Crippen LogP contribution in [0.15, 0.2) is 15.9 Å². The highest BCUT2D eigenvalue weighted by molar-refractivity contribution is 9.10. The van der Waals surface area contributed by atoms with Gasteiger partial charge in [-0.05, 0) is 15.9 Å². The van der Waals surface area contributed by atoms with Crippen molar-refractivity contribution in [3.63, 3.8) is 0 Å². The van der Waals surface area contributed by atoms with E-state index >= 15 is 0 Å². The number of nitrogens with zero attached hydrogens (tertiary/aromatic N) is 3. The number of H-pyrrole nitrogens is 1. The lowest BCUT2D eigenvalue weighted by Crippen LogP contribution is -2.09. The van der Waals surface area contributed by atoms with Crippen molar-refractivity contribution in [1.82, 2.24) is 19.5 Å². The van der Waals surface area contributed by atoms with E-state index in [1.807, 2.05) is 0 Å². The largest absolute Gasteiger partial charge is 0.316 e. The molecule has 0 aliphatic rings. The average molecular weight is 229 g/mol. The Kier molecular flexibility index (Phi) is 1.50. The van der Waals surface area contributed by atoms with Gasteiger partial charge in [0.1, 0.15) is 0 Å². The van der Waals surface area contributed by atoms with Crippen molar-refractivity contribution in [3.05, 3.63) is 21.4 Å². The molecule has 1 N–H and O–H groups in total. The van der Waals surface area contributed by atoms with E-state index in [9.17, 15) is 4.79 Å². The lowest BCUT2D eigenvalue weighted by molar-refractivity contribution is 0.905. The van der Waals surface area contributed by atoms with Crippen LogP contribution in [-0.2, 0) is 7.05 Å². The summed E-state index contributed by atoms with van der Waals surface area (Å²) in [5.74, 6) is 0. The normalized spacial score (nSPS) is 10.8. The van der Waals surface area contributed by atoms with E-state index < -0.39 is 0 Å². The zero-order chi connectivity index (χ0) is 8.72. The zero-order valence-electron chi connectivity index (χ0n) is 6.21. The van der Waals surface area contributed by atoms with Gasteiger partial charge in [-0.1, -0.05) is 0 Å². The van der Waals surface area contributed by atoms with E-state index in [-0.39, 0.29) is 5.56 Å². The number of aromatic nitrogens is 4. The van der Waals surface area contributed by atoms with Crippen LogP contribution in [0, 0.1) is 0 Å². The molecule has 62 valence electrons. The number of aromatic amines is 1. The molecule has 0 aromatic carbocycles. The molecule has 6 heteroatoms. The number of aryl methyl sites for hydroxylation is 1. The smallest absolute Gasteiger partial charge is 0.276 e. The van der Waals surface area contributed by atoms with Gasteiger partial charge < -0.3 is 9.55 Å². The number of hydrogen-bond acceptors (Lipinski definition) is 3. The predicted octanol–water partition coefficient (Wildman–Crippen LogP) is 0.419. The first-order chi connectivity index (χ1) is 5.70. The summed E-state index contributed by atoms with van der Waals surface area (Å²) in [4.78, 5) is 21.6. The lowest BCUT2D eigenvalue weighted by atomic mass is 10.5. The summed E-state index contributed by atoms with van der Waals surface area (Å²) in [6, 6.07) is 0. The molecule has 5 nitrogen and oxygen atoms in total. The quantitative estimate of drug-likeness (QED) is 0.666. The first kappa shape index (κ1) is 7.48. The number of imidazole rings is 1. The van der Waals surface area contributed by atoms with Crippen LogP contribution in [-0.4, -0.2) is 19.5 Å². The van der Waals surface area contributed by atoms with Gasteiger partial charge in [-0.15, -0.1) is 0 Å². The second kappa shape index (κ2) is 2.41. The van der Waals surface area contributed by atoms with Gasteiger partial charge in [0.2, 0.25) is 0 Å². The summed E-state index contributed by atoms with van der Waals surface area (Å²) >= 11 is 3.20. The van der Waals surface area contributed by atoms with E-state index in [1.165, 1.54) is 6.33 Å². The van der Waals surface area contributed by atoms with Gasteiger partial charge in [0.25, 0.3) is 5.56 Å². The molecule has 12 heavy (non-hydrogen) atoms. The molecule has 0 aliphatic carbocycles. The van der Waals surface area contributed by atoms with Gasteiger partial charge in [-0.3, -0.25) is 4.79 Å². The molecule has 0 saturated heterocycles. The summed E-state index contributed by atoms with van der Waals surface area (Å²) in [6.07, 6.45) is 1.34. The maximum absolute atomic E-state index is 11.2. The van der Waals surface area contributed by atoms with Crippen molar-refractivity contribution in [3.8, 4) is 0 Å². The Morgan fingerprint density at radius 3 is 3.08 bits per heavy atom. The highest BCUT2D eigenvalue weighted by Crippen LogP contribution is 2.11. The molecule has 0 saturated carbocycles. The zero-order valence-corrected chi connectivity index (χ0v) is 7.79. The van der Waals surface area contributed by atoms with E-state index in [4.69, 9.17) is 0 Å². The van der Waals surface area contributed by atoms with Crippen molar-refractivity contribution < 1.29 is 0 Å². The molecule has 2 rings (SSSR count). The third-order valence-electron chi connectivity index (χ3n) is 1.62. The molecule has 0 fully saturated rings. The van der Waals surface area contributed by atoms with Crippen molar-refractivity contribution in [2.75, 3.05) is 0 Å². The topological polar surface area (TPSA) is 63.6 Å². The molecule has 0 spiro atoms. The van der Waals surface area contributed by atoms with Crippen molar-refractivity contribution in [2.24, 2.45) is 7.05 Å². The van der Waals surface area contributed by atoms with Crippen LogP contribution in [0.2, 0.25) is 0 Å². The molecule has 0 unspecified atom stereocenters. The molecule has 2 heterocycles. The molecule has 0 amide bonds. The van der Waals surface area contributed by atoms with Crippen molar-refractivity contribution in [2.45, 2.75) is 0 Å². The number of fused-ring (bicyclic) bond motifs is 1. The van der Waals surface area contributed by atoms with Crippen molar-refractivity contribution >= 4 is 27.1 Å². The highest BCUT2D eigenvalue weighted by Gasteiger charge is 2.08. The molecule has 0 atom stereocenters. The fraction of sp³-hybridized carbons (Fsp3) is 0.167. The van der Waals surface area contributed by atoms with Crippen LogP contribution in [0.1, 0.15) is 0 Å². The number of rotatable bonds is 0. The van der Waals surface area contributed by atoms with Crippen LogP contribution < -0.4 is 5.56 Å². The van der Waals surface area contributed by atoms with Gasteiger partial charge in [0, 0.05) is 7.05 Å². The van der Waals surface area contributed by atoms with E-state index in [1.54, 1.807) is 11.6 Å². The minimum Gasteiger partial charge on any atom is -0.316 e. The van der Waals surface area contributed by atoms with Gasteiger partial charge in [-0.2, -0.15) is 0 Å². The molecule has 2 aromatic heterocycles. The predicted molar refractivity (Wildman–Crippen MR) is 46.8 cm³/mol. The molecule has 0 bridgehead atoms. The van der Waals surface area contributed by atoms with Crippen LogP contribution in [0.5, 0.6) is 0 Å². The number of nitrogens with one attached hydrogen (secondary N) is 1. The van der Waals surface area contributed by atoms with E-state index in [0.29, 0.717) is 15.9 Å². The van der Waals surface area contributed by atoms with Gasteiger partial charge in [0.15, 0.2) is 15.9 Å². The fourth-order valence-corrected chi connectivity index (χ4v) is 1.37. The molecular formula is C6H5BrN4O. The Balaban J connectivity index is 3.07. The first-order valence-corrected chi connectivity index (χ1v) is 4.05. The standard InChI is InChI=1S/C6H5BrN4O/c1-11-3-4(10-6(11)7)8-2-9-5(3)12/h2H,1H3,(H,8,9,12). The van der Waals surface area contributed by atoms with Crippen LogP contribution >= 0.6 is 15.9 Å². The van der Waals surface area contributed by atoms with E-state index in [0.717, 1.165) is 0 Å². The van der Waals surface area contributed by atoms with Gasteiger partial charge >= 0.3 is 0 Å². The Hall–Kier alpha value is -1.17. The summed E-state index contributed by atoms with van der Waals surface area (Å²) in [5, 5.41) is 0. The minimum absolute atomic E-state index is 0.180. The van der Waals surface area contributed by atoms with Crippen LogP contribution in [0.25, 0.3) is 11.2 Å². The molecule has 0 aliphatic heterocycles.